The summed E-state index contributed by atoms with van der Waals surface area (Å²) in [4.78, 5) is 27.8. The molecule has 0 saturated carbocycles. The maximum absolute atomic E-state index is 12.9. The largest absolute Gasteiger partial charge is 0.495 e. The van der Waals surface area contributed by atoms with E-state index in [0.717, 1.165) is 37.1 Å². The Bertz CT molecular complexity index is 1180. The fourth-order valence-corrected chi connectivity index (χ4v) is 4.75. The molecule has 2 saturated heterocycles. The summed E-state index contributed by atoms with van der Waals surface area (Å²) in [5.74, 6) is 0.100. The Morgan fingerprint density at radius 1 is 0.914 bits per heavy atom. The number of hydrogen-bond acceptors (Lipinski definition) is 5. The molecular formula is C28H29N3O4. The van der Waals surface area contributed by atoms with E-state index in [1.165, 1.54) is 0 Å². The van der Waals surface area contributed by atoms with Gasteiger partial charge >= 0.3 is 0 Å². The maximum Gasteiger partial charge on any atom is 0.255 e. The van der Waals surface area contributed by atoms with Crippen molar-refractivity contribution in [3.8, 4) is 16.9 Å². The quantitative estimate of drug-likeness (QED) is 0.533. The van der Waals surface area contributed by atoms with E-state index in [1.54, 1.807) is 25.3 Å². The number of ether oxygens (including phenoxy) is 2. The maximum atomic E-state index is 12.9. The molecule has 2 heterocycles. The van der Waals surface area contributed by atoms with Gasteiger partial charge in [-0.25, -0.2) is 0 Å². The normalized spacial score (nSPS) is 19.2. The van der Waals surface area contributed by atoms with E-state index >= 15 is 0 Å². The molecule has 2 atom stereocenters. The summed E-state index contributed by atoms with van der Waals surface area (Å²) in [7, 11) is 1.54. The Morgan fingerprint density at radius 3 is 2.29 bits per heavy atom. The van der Waals surface area contributed by atoms with Gasteiger partial charge in [-0.05, 0) is 54.3 Å². The van der Waals surface area contributed by atoms with Crippen LogP contribution in [-0.4, -0.2) is 55.7 Å². The van der Waals surface area contributed by atoms with E-state index < -0.39 is 0 Å². The van der Waals surface area contributed by atoms with Gasteiger partial charge < -0.3 is 20.1 Å². The summed E-state index contributed by atoms with van der Waals surface area (Å²) in [6.45, 7) is 1.82. The molecule has 3 aromatic carbocycles. The van der Waals surface area contributed by atoms with Gasteiger partial charge in [0.1, 0.15) is 5.75 Å². The topological polar surface area (TPSA) is 79.9 Å². The number of carbonyl (C=O) groups is 2. The molecule has 7 heteroatoms. The standard InChI is InChI=1S/C28H29N3O4/c1-34-26-14-9-21(15-25(26)30-27(32)18-31-16-23-12-13-24(17-31)35-23)28(33)29-22-10-7-20(8-11-22)19-5-3-2-4-6-19/h2-11,14-15,23-24H,12-13,16-18H2,1H3,(H,29,33)(H,30,32). The molecule has 2 amide bonds. The van der Waals surface area contributed by atoms with Gasteiger partial charge in [0.25, 0.3) is 5.91 Å². The van der Waals surface area contributed by atoms with E-state index in [9.17, 15) is 9.59 Å². The number of hydrogen-bond donors (Lipinski definition) is 2. The minimum atomic E-state index is -0.264. The Labute approximate surface area is 205 Å². The molecule has 0 aromatic heterocycles. The number of nitrogens with one attached hydrogen (secondary N) is 2. The van der Waals surface area contributed by atoms with Gasteiger partial charge in [-0.15, -0.1) is 0 Å². The molecule has 7 nitrogen and oxygen atoms in total. The van der Waals surface area contributed by atoms with Crippen LogP contribution >= 0.6 is 0 Å². The zero-order valence-corrected chi connectivity index (χ0v) is 19.7. The number of amides is 2. The Morgan fingerprint density at radius 2 is 1.60 bits per heavy atom. The first-order chi connectivity index (χ1) is 17.1. The van der Waals surface area contributed by atoms with Gasteiger partial charge in [0, 0.05) is 24.3 Å². The van der Waals surface area contributed by atoms with Crippen molar-refractivity contribution in [2.75, 3.05) is 37.4 Å². The minimum Gasteiger partial charge on any atom is -0.495 e. The van der Waals surface area contributed by atoms with Gasteiger partial charge in [0.05, 0.1) is 31.5 Å². The molecule has 35 heavy (non-hydrogen) atoms. The summed E-state index contributed by atoms with van der Waals surface area (Å²) in [5, 5.41) is 5.84. The number of carbonyl (C=O) groups excluding carboxylic acids is 2. The van der Waals surface area contributed by atoms with Crippen LogP contribution in [0.3, 0.4) is 0 Å². The fourth-order valence-electron chi connectivity index (χ4n) is 4.75. The van der Waals surface area contributed by atoms with Gasteiger partial charge in [0.2, 0.25) is 5.91 Å². The summed E-state index contributed by atoms with van der Waals surface area (Å²) in [6, 6.07) is 22.8. The number of likely N-dealkylation sites (tertiary alicyclic amines) is 1. The summed E-state index contributed by atoms with van der Waals surface area (Å²) in [6.07, 6.45) is 2.57. The van der Waals surface area contributed by atoms with Crippen LogP contribution < -0.4 is 15.4 Å². The summed E-state index contributed by atoms with van der Waals surface area (Å²) < 4.78 is 11.3. The van der Waals surface area contributed by atoms with Crippen molar-refractivity contribution in [3.05, 3.63) is 78.4 Å². The molecule has 2 N–H and O–H groups in total. The van der Waals surface area contributed by atoms with Crippen LogP contribution in [0.25, 0.3) is 11.1 Å². The van der Waals surface area contributed by atoms with E-state index in [1.807, 2.05) is 54.6 Å². The molecular weight excluding hydrogens is 442 g/mol. The fraction of sp³-hybridized carbons (Fsp3) is 0.286. The van der Waals surface area contributed by atoms with Crippen molar-refractivity contribution in [2.24, 2.45) is 0 Å². The molecule has 3 aromatic rings. The van der Waals surface area contributed by atoms with E-state index in [2.05, 4.69) is 15.5 Å². The number of fused-ring (bicyclic) bond motifs is 2. The Kier molecular flexibility index (Phi) is 6.79. The van der Waals surface area contributed by atoms with Crippen LogP contribution in [0.5, 0.6) is 5.75 Å². The summed E-state index contributed by atoms with van der Waals surface area (Å²) >= 11 is 0. The molecule has 0 aliphatic carbocycles. The van der Waals surface area contributed by atoms with Crippen molar-refractivity contribution in [3.63, 3.8) is 0 Å². The third-order valence-electron chi connectivity index (χ3n) is 6.47. The lowest BCUT2D eigenvalue weighted by atomic mass is 10.1. The first-order valence-electron chi connectivity index (χ1n) is 11.9. The SMILES string of the molecule is COc1ccc(C(=O)Nc2ccc(-c3ccccc3)cc2)cc1NC(=O)CN1CC2CCC(C1)O2. The van der Waals surface area contributed by atoms with Gasteiger partial charge in [-0.3, -0.25) is 14.5 Å². The number of morpholine rings is 1. The molecule has 5 rings (SSSR count). The van der Waals surface area contributed by atoms with Crippen molar-refractivity contribution in [1.29, 1.82) is 0 Å². The molecule has 0 spiro atoms. The summed E-state index contributed by atoms with van der Waals surface area (Å²) in [5.41, 5.74) is 3.79. The van der Waals surface area contributed by atoms with E-state index in [-0.39, 0.29) is 30.6 Å². The first kappa shape index (κ1) is 23.1. The average Bonchev–Trinajstić information content (AvgIpc) is 3.22. The molecule has 0 radical (unpaired) electrons. The monoisotopic (exact) mass is 471 g/mol. The van der Waals surface area contributed by atoms with E-state index in [4.69, 9.17) is 9.47 Å². The molecule has 2 bridgehead atoms. The van der Waals surface area contributed by atoms with Crippen LogP contribution in [0.15, 0.2) is 72.8 Å². The Balaban J connectivity index is 1.23. The van der Waals surface area contributed by atoms with Crippen molar-refractivity contribution >= 4 is 23.2 Å². The highest BCUT2D eigenvalue weighted by Gasteiger charge is 2.34. The number of rotatable bonds is 7. The van der Waals surface area contributed by atoms with Gasteiger partial charge in [-0.2, -0.15) is 0 Å². The lowest BCUT2D eigenvalue weighted by Crippen LogP contribution is -2.45. The highest BCUT2D eigenvalue weighted by Crippen LogP contribution is 2.28. The lowest BCUT2D eigenvalue weighted by molar-refractivity contribution is -0.119. The first-order valence-corrected chi connectivity index (χ1v) is 11.9. The lowest BCUT2D eigenvalue weighted by Gasteiger charge is -2.31. The van der Waals surface area contributed by atoms with Gasteiger partial charge in [-0.1, -0.05) is 42.5 Å². The second-order valence-corrected chi connectivity index (χ2v) is 9.01. The molecule has 180 valence electrons. The molecule has 2 aliphatic heterocycles. The van der Waals surface area contributed by atoms with Crippen molar-refractivity contribution in [2.45, 2.75) is 25.0 Å². The molecule has 2 fully saturated rings. The number of anilines is 2. The molecule has 2 aliphatic rings. The molecule has 2 unspecified atom stereocenters. The number of methoxy groups -OCH3 is 1. The second-order valence-electron chi connectivity index (χ2n) is 9.01. The average molecular weight is 472 g/mol. The minimum absolute atomic E-state index is 0.140. The predicted octanol–water partition coefficient (Wildman–Crippen LogP) is 4.42. The zero-order valence-electron chi connectivity index (χ0n) is 19.7. The van der Waals surface area contributed by atoms with E-state index in [0.29, 0.717) is 22.7 Å². The highest BCUT2D eigenvalue weighted by atomic mass is 16.5. The zero-order chi connectivity index (χ0) is 24.2. The third-order valence-corrected chi connectivity index (χ3v) is 6.47. The second kappa shape index (κ2) is 10.3. The number of nitrogens with zero attached hydrogens (tertiary/aromatic N) is 1. The predicted molar refractivity (Wildman–Crippen MR) is 136 cm³/mol. The smallest absolute Gasteiger partial charge is 0.255 e. The van der Waals surface area contributed by atoms with Crippen LogP contribution in [0.2, 0.25) is 0 Å². The van der Waals surface area contributed by atoms with Crippen LogP contribution in [0.1, 0.15) is 23.2 Å². The van der Waals surface area contributed by atoms with Crippen LogP contribution in [0.4, 0.5) is 11.4 Å². The van der Waals surface area contributed by atoms with Crippen LogP contribution in [0, 0.1) is 0 Å². The number of benzene rings is 3. The van der Waals surface area contributed by atoms with Crippen molar-refractivity contribution < 1.29 is 19.1 Å². The Hall–Kier alpha value is -3.68. The van der Waals surface area contributed by atoms with Crippen molar-refractivity contribution in [1.82, 2.24) is 4.90 Å². The third kappa shape index (κ3) is 5.53. The van der Waals surface area contributed by atoms with Crippen LogP contribution in [-0.2, 0) is 9.53 Å². The van der Waals surface area contributed by atoms with Gasteiger partial charge in [0.15, 0.2) is 0 Å². The highest BCUT2D eigenvalue weighted by molar-refractivity contribution is 6.06.